The van der Waals surface area contributed by atoms with Crippen molar-refractivity contribution in [1.82, 2.24) is 15.3 Å². The molecule has 0 radical (unpaired) electrons. The van der Waals surface area contributed by atoms with Gasteiger partial charge in [0.1, 0.15) is 35.0 Å². The highest BCUT2D eigenvalue weighted by Gasteiger charge is 2.57. The summed E-state index contributed by atoms with van der Waals surface area (Å²) in [7, 11) is 0. The first-order chi connectivity index (χ1) is 23.4. The van der Waals surface area contributed by atoms with E-state index in [1.54, 1.807) is 0 Å². The molecule has 262 valence electrons. The molecular weight excluding hydrogens is 677 g/mol. The molecule has 50 heavy (non-hydrogen) atoms. The fourth-order valence-electron chi connectivity index (χ4n) is 5.36. The molecule has 3 heterocycles. The lowest BCUT2D eigenvalue weighted by molar-refractivity contribution is -0.265. The van der Waals surface area contributed by atoms with Gasteiger partial charge in [0.25, 0.3) is 5.91 Å². The van der Waals surface area contributed by atoms with Crippen LogP contribution in [0.5, 0.6) is 11.5 Å². The number of aromatic nitrogens is 2. The van der Waals surface area contributed by atoms with E-state index >= 15 is 0 Å². The number of rotatable bonds is 9. The van der Waals surface area contributed by atoms with Gasteiger partial charge in [-0.05, 0) is 74.4 Å². The van der Waals surface area contributed by atoms with Gasteiger partial charge in [0.2, 0.25) is 11.5 Å². The summed E-state index contributed by atoms with van der Waals surface area (Å²) in [6.45, 7) is -0.472. The van der Waals surface area contributed by atoms with E-state index in [9.17, 15) is 45.4 Å². The molecule has 1 fully saturated rings. The third-order valence-electron chi connectivity index (χ3n) is 8.57. The number of benzene rings is 2. The Morgan fingerprint density at radius 1 is 1.02 bits per heavy atom. The minimum atomic E-state index is -5.45. The minimum absolute atomic E-state index is 0.00215. The highest BCUT2D eigenvalue weighted by atomic mass is 19.4. The van der Waals surface area contributed by atoms with Crippen LogP contribution >= 0.6 is 0 Å². The number of pyridine rings is 2. The summed E-state index contributed by atoms with van der Waals surface area (Å²) < 4.78 is 110. The van der Waals surface area contributed by atoms with Crippen LogP contribution in [0.25, 0.3) is 22.4 Å². The first-order valence-corrected chi connectivity index (χ1v) is 15.1. The molecule has 2 aromatic carbocycles. The third kappa shape index (κ3) is 6.42. The van der Waals surface area contributed by atoms with Crippen LogP contribution in [0, 0.1) is 5.82 Å². The van der Waals surface area contributed by atoms with E-state index in [0.29, 0.717) is 19.0 Å². The van der Waals surface area contributed by atoms with Crippen molar-refractivity contribution in [3.63, 3.8) is 0 Å². The quantitative estimate of drug-likeness (QED) is 0.187. The lowest BCUT2D eigenvalue weighted by Gasteiger charge is -2.31. The predicted octanol–water partition coefficient (Wildman–Crippen LogP) is 5.83. The number of halogens is 7. The third-order valence-corrected chi connectivity index (χ3v) is 8.57. The zero-order valence-electron chi connectivity index (χ0n) is 26.0. The van der Waals surface area contributed by atoms with Crippen LogP contribution in [0.15, 0.2) is 67.0 Å². The number of nitrogens with one attached hydrogen (secondary N) is 1. The molecule has 1 saturated carbocycles. The molecular formula is C34H27F7N4O5. The van der Waals surface area contributed by atoms with Gasteiger partial charge in [0.05, 0.1) is 23.9 Å². The number of hydrogen-bond acceptors (Lipinski definition) is 7. The van der Waals surface area contributed by atoms with Gasteiger partial charge in [-0.2, -0.15) is 26.3 Å². The summed E-state index contributed by atoms with van der Waals surface area (Å²) in [5.74, 6) is -2.76. The number of ether oxygens (including phenoxy) is 2. The van der Waals surface area contributed by atoms with Crippen LogP contribution in [0.1, 0.15) is 46.9 Å². The van der Waals surface area contributed by atoms with Gasteiger partial charge in [-0.3, -0.25) is 14.6 Å². The molecule has 0 spiro atoms. The molecule has 4 N–H and O–H groups in total. The second kappa shape index (κ2) is 12.3. The first kappa shape index (κ1) is 34.6. The molecule has 2 aliphatic rings. The standard InChI is InChI=1S/C34H27F7N4O5/c1-31(30(42)47)16-49-28-24(31)12-26(45-27(28)17-2-5-21(35)6-3-17)32(48,34(39,40)41)15-44-29(46)18-4-9-23(25(11-18)50-22-7-8-22)19-10-20(14-43-13-19)33(36,37)38/h2-6,9-14,22,48H,7-8,15-16H2,1H3,(H2,42,47)(H,44,46)/t31-,32?/m0/s1. The number of aliphatic hydroxyl groups is 1. The van der Waals surface area contributed by atoms with Crippen LogP contribution in [0.4, 0.5) is 30.7 Å². The molecule has 2 aromatic heterocycles. The van der Waals surface area contributed by atoms with E-state index in [-0.39, 0.29) is 57.7 Å². The molecule has 2 amide bonds. The van der Waals surface area contributed by atoms with E-state index < -0.39 is 58.8 Å². The van der Waals surface area contributed by atoms with Crippen molar-refractivity contribution in [2.75, 3.05) is 13.2 Å². The molecule has 16 heteroatoms. The zero-order chi connectivity index (χ0) is 36.2. The first-order valence-electron chi connectivity index (χ1n) is 15.1. The Bertz CT molecular complexity index is 1980. The molecule has 1 aliphatic carbocycles. The second-order valence-electron chi connectivity index (χ2n) is 12.3. The van der Waals surface area contributed by atoms with E-state index in [1.165, 1.54) is 43.5 Å². The van der Waals surface area contributed by atoms with E-state index in [2.05, 4.69) is 15.3 Å². The lowest BCUT2D eigenvalue weighted by Crippen LogP contribution is -2.51. The molecule has 4 aromatic rings. The number of carbonyl (C=O) groups is 2. The van der Waals surface area contributed by atoms with E-state index in [4.69, 9.17) is 15.2 Å². The molecule has 1 aliphatic heterocycles. The van der Waals surface area contributed by atoms with Gasteiger partial charge in [0.15, 0.2) is 0 Å². The summed E-state index contributed by atoms with van der Waals surface area (Å²) >= 11 is 0. The number of nitrogens with zero attached hydrogens (tertiary/aromatic N) is 2. The SMILES string of the molecule is C[C@]1(C(N)=O)COc2c1cc(C(O)(CNC(=O)c1ccc(-c3cncc(C(F)(F)F)c3)c(OC3CC3)c1)C(F)(F)F)nc2-c1ccc(F)cc1. The Labute approximate surface area is 279 Å². The average molecular weight is 705 g/mol. The number of alkyl halides is 6. The maximum Gasteiger partial charge on any atom is 0.424 e. The van der Waals surface area contributed by atoms with Crippen molar-refractivity contribution in [3.8, 4) is 33.9 Å². The normalized spacial score (nSPS) is 18.5. The van der Waals surface area contributed by atoms with Gasteiger partial charge in [-0.15, -0.1) is 0 Å². The van der Waals surface area contributed by atoms with Crippen LogP contribution < -0.4 is 20.5 Å². The van der Waals surface area contributed by atoms with Gasteiger partial charge in [-0.25, -0.2) is 9.37 Å². The lowest BCUT2D eigenvalue weighted by atomic mass is 9.81. The predicted molar refractivity (Wildman–Crippen MR) is 162 cm³/mol. The van der Waals surface area contributed by atoms with E-state index in [0.717, 1.165) is 24.3 Å². The maximum atomic E-state index is 14.8. The van der Waals surface area contributed by atoms with Crippen LogP contribution in [-0.4, -0.2) is 52.3 Å². The van der Waals surface area contributed by atoms with Gasteiger partial charge < -0.3 is 25.6 Å². The highest BCUT2D eigenvalue weighted by Crippen LogP contribution is 2.48. The Kier molecular flexibility index (Phi) is 8.49. The van der Waals surface area contributed by atoms with Crippen molar-refractivity contribution < 1.29 is 54.9 Å². The topological polar surface area (TPSA) is 137 Å². The smallest absolute Gasteiger partial charge is 0.424 e. The summed E-state index contributed by atoms with van der Waals surface area (Å²) in [4.78, 5) is 33.4. The Morgan fingerprint density at radius 3 is 2.34 bits per heavy atom. The van der Waals surface area contributed by atoms with Gasteiger partial charge in [0, 0.05) is 40.2 Å². The fourth-order valence-corrected chi connectivity index (χ4v) is 5.36. The molecule has 2 atom stereocenters. The van der Waals surface area contributed by atoms with Crippen LogP contribution in [0.3, 0.4) is 0 Å². The number of primary amides is 1. The number of fused-ring (bicyclic) bond motifs is 1. The average Bonchev–Trinajstić information content (AvgIpc) is 3.82. The number of amides is 2. The fraction of sp³-hybridized carbons (Fsp3) is 0.294. The monoisotopic (exact) mass is 704 g/mol. The Hall–Kier alpha value is -5.25. The zero-order valence-corrected chi connectivity index (χ0v) is 26.0. The molecule has 0 saturated heterocycles. The largest absolute Gasteiger partial charge is 0.490 e. The molecule has 6 rings (SSSR count). The van der Waals surface area contributed by atoms with Crippen molar-refractivity contribution in [2.45, 2.75) is 49.2 Å². The minimum Gasteiger partial charge on any atom is -0.490 e. The molecule has 0 bridgehead atoms. The van der Waals surface area contributed by atoms with Crippen molar-refractivity contribution in [3.05, 3.63) is 95.2 Å². The van der Waals surface area contributed by atoms with Crippen molar-refractivity contribution in [1.29, 1.82) is 0 Å². The van der Waals surface area contributed by atoms with Crippen LogP contribution in [0.2, 0.25) is 0 Å². The summed E-state index contributed by atoms with van der Waals surface area (Å²) in [6.07, 6.45) is -7.32. The van der Waals surface area contributed by atoms with Crippen LogP contribution in [-0.2, 0) is 22.0 Å². The number of nitrogens with two attached hydrogens (primary N) is 1. The number of hydrogen-bond donors (Lipinski definition) is 3. The Morgan fingerprint density at radius 2 is 1.72 bits per heavy atom. The summed E-state index contributed by atoms with van der Waals surface area (Å²) in [5, 5.41) is 13.4. The van der Waals surface area contributed by atoms with E-state index in [1.807, 2.05) is 0 Å². The van der Waals surface area contributed by atoms with Gasteiger partial charge >= 0.3 is 12.4 Å². The summed E-state index contributed by atoms with van der Waals surface area (Å²) in [5.41, 5.74) is -2.19. The molecule has 9 nitrogen and oxygen atoms in total. The highest BCUT2D eigenvalue weighted by molar-refractivity contribution is 5.96. The molecule has 1 unspecified atom stereocenters. The second-order valence-corrected chi connectivity index (χ2v) is 12.3. The number of carbonyl (C=O) groups excluding carboxylic acids is 2. The van der Waals surface area contributed by atoms with Gasteiger partial charge in [-0.1, -0.05) is 0 Å². The van der Waals surface area contributed by atoms with Crippen molar-refractivity contribution in [2.24, 2.45) is 5.73 Å². The Balaban J connectivity index is 1.36. The van der Waals surface area contributed by atoms with Crippen molar-refractivity contribution >= 4 is 11.8 Å². The summed E-state index contributed by atoms with van der Waals surface area (Å²) in [6, 6.07) is 9.82. The maximum absolute atomic E-state index is 14.8.